The lowest BCUT2D eigenvalue weighted by molar-refractivity contribution is -0.186. The molecule has 0 amide bonds. The summed E-state index contributed by atoms with van der Waals surface area (Å²) in [5.74, 6) is 0. The first kappa shape index (κ1) is 22.8. The minimum atomic E-state index is -4.77. The van der Waals surface area contributed by atoms with Gasteiger partial charge in [-0.15, -0.1) is 0 Å². The second-order valence-corrected chi connectivity index (χ2v) is 8.55. The number of hydrogen-bond donors (Lipinski definition) is 0. The fraction of sp³-hybridized carbons (Fsp3) is 0.250. The van der Waals surface area contributed by atoms with Crippen LogP contribution in [0.4, 0.5) is 13.2 Å². The normalized spacial score (nSPS) is 21.6. The number of nitriles is 1. The molecule has 2 aromatic carbocycles. The van der Waals surface area contributed by atoms with Crippen LogP contribution in [0.1, 0.15) is 29.2 Å². The number of benzene rings is 2. The first-order valence-electron chi connectivity index (χ1n) is 9.12. The molecular formula is C20H12Cl3F3N5O-. The summed E-state index contributed by atoms with van der Waals surface area (Å²) in [7, 11) is 0. The maximum atomic E-state index is 14.4. The summed E-state index contributed by atoms with van der Waals surface area (Å²) in [4.78, 5) is 3.81. The van der Waals surface area contributed by atoms with Crippen LogP contribution < -0.4 is 0 Å². The van der Waals surface area contributed by atoms with E-state index in [0.29, 0.717) is 10.8 Å². The van der Waals surface area contributed by atoms with Gasteiger partial charge >= 0.3 is 6.18 Å². The molecule has 2 atom stereocenters. The SMILES string of the molecule is N#Cc1cc(C2CC(c3cc(Cl)c(Cl)c(Cl)c3)(C(F)(F)F)CN2[O-])ccc1-n1cncn1. The third-order valence-corrected chi connectivity index (χ3v) is 6.78. The number of alkyl halides is 3. The summed E-state index contributed by atoms with van der Waals surface area (Å²) in [5, 5.41) is 26.3. The van der Waals surface area contributed by atoms with E-state index in [1.807, 2.05) is 6.07 Å². The summed E-state index contributed by atoms with van der Waals surface area (Å²) in [6.45, 7) is -0.859. The molecule has 0 bridgehead atoms. The van der Waals surface area contributed by atoms with Gasteiger partial charge in [-0.3, -0.25) is 0 Å². The minimum Gasteiger partial charge on any atom is -0.785 e. The zero-order valence-electron chi connectivity index (χ0n) is 15.9. The van der Waals surface area contributed by atoms with Crippen molar-refractivity contribution in [2.75, 3.05) is 6.54 Å². The predicted octanol–water partition coefficient (Wildman–Crippen LogP) is 5.84. The monoisotopic (exact) mass is 500 g/mol. The van der Waals surface area contributed by atoms with E-state index in [-0.39, 0.29) is 31.8 Å². The standard InChI is InChI=1S/C20H12Cl3F3N5O/c21-14-4-13(5-15(22)18(14)23)19(20(24,25)26)6-17(31(32)8-19)11-1-2-16(12(3-11)7-27)30-10-28-9-29-30/h1-5,9-10,17H,6,8H2/q-1. The van der Waals surface area contributed by atoms with E-state index in [4.69, 9.17) is 34.8 Å². The van der Waals surface area contributed by atoms with Crippen molar-refractivity contribution < 1.29 is 13.2 Å². The van der Waals surface area contributed by atoms with Gasteiger partial charge in [0, 0.05) is 12.6 Å². The molecule has 0 N–H and O–H groups in total. The van der Waals surface area contributed by atoms with Crippen molar-refractivity contribution in [3.05, 3.63) is 80.0 Å². The van der Waals surface area contributed by atoms with Crippen LogP contribution in [-0.2, 0) is 5.41 Å². The molecule has 1 aliphatic heterocycles. The Morgan fingerprint density at radius 2 is 1.84 bits per heavy atom. The zero-order valence-corrected chi connectivity index (χ0v) is 18.2. The Balaban J connectivity index is 1.78. The van der Waals surface area contributed by atoms with E-state index in [1.54, 1.807) is 0 Å². The van der Waals surface area contributed by atoms with Gasteiger partial charge in [0.1, 0.15) is 24.1 Å². The second kappa shape index (κ2) is 8.21. The fourth-order valence-corrected chi connectivity index (χ4v) is 4.55. The molecule has 1 aliphatic rings. The predicted molar refractivity (Wildman–Crippen MR) is 113 cm³/mol. The Bertz CT molecular complexity index is 1190. The lowest BCUT2D eigenvalue weighted by Crippen LogP contribution is -2.44. The minimum absolute atomic E-state index is 0.0645. The van der Waals surface area contributed by atoms with Crippen LogP contribution in [0, 0.1) is 16.5 Å². The largest absolute Gasteiger partial charge is 0.785 e. The molecule has 6 nitrogen and oxygen atoms in total. The Kier molecular flexibility index (Phi) is 5.86. The lowest BCUT2D eigenvalue weighted by atomic mass is 9.77. The molecule has 12 heteroatoms. The average Bonchev–Trinajstić information content (AvgIpc) is 3.39. The first-order chi connectivity index (χ1) is 15.1. The molecule has 0 spiro atoms. The van der Waals surface area contributed by atoms with Crippen molar-refractivity contribution in [3.8, 4) is 11.8 Å². The maximum absolute atomic E-state index is 14.4. The van der Waals surface area contributed by atoms with Crippen LogP contribution in [0.2, 0.25) is 15.1 Å². The van der Waals surface area contributed by atoms with Gasteiger partial charge in [-0.1, -0.05) is 40.9 Å². The van der Waals surface area contributed by atoms with E-state index < -0.39 is 30.6 Å². The van der Waals surface area contributed by atoms with Crippen LogP contribution in [0.3, 0.4) is 0 Å². The van der Waals surface area contributed by atoms with Crippen LogP contribution in [-0.4, -0.2) is 32.5 Å². The number of hydrogen-bond acceptors (Lipinski definition) is 5. The topological polar surface area (TPSA) is 80.8 Å². The van der Waals surface area contributed by atoms with E-state index in [1.165, 1.54) is 35.5 Å². The zero-order chi connectivity index (χ0) is 23.3. The molecule has 3 aromatic rings. The first-order valence-corrected chi connectivity index (χ1v) is 10.3. The van der Waals surface area contributed by atoms with E-state index in [0.717, 1.165) is 12.1 Å². The Morgan fingerprint density at radius 1 is 1.16 bits per heavy atom. The number of nitrogens with zero attached hydrogens (tertiary/aromatic N) is 5. The van der Waals surface area contributed by atoms with Crippen molar-refractivity contribution in [1.82, 2.24) is 19.8 Å². The van der Waals surface area contributed by atoms with Crippen LogP contribution >= 0.6 is 34.8 Å². The Hall–Kier alpha value is -2.35. The molecule has 1 saturated heterocycles. The maximum Gasteiger partial charge on any atom is 0.399 e. The molecule has 32 heavy (non-hydrogen) atoms. The van der Waals surface area contributed by atoms with Crippen molar-refractivity contribution in [2.24, 2.45) is 0 Å². The van der Waals surface area contributed by atoms with Crippen LogP contribution in [0.15, 0.2) is 43.0 Å². The highest BCUT2D eigenvalue weighted by molar-refractivity contribution is 6.48. The summed E-state index contributed by atoms with van der Waals surface area (Å²) in [5.41, 5.74) is -1.95. The smallest absolute Gasteiger partial charge is 0.399 e. The number of halogens is 6. The highest BCUT2D eigenvalue weighted by Gasteiger charge is 2.60. The number of rotatable bonds is 3. The van der Waals surface area contributed by atoms with Gasteiger partial charge in [-0.2, -0.15) is 23.5 Å². The molecule has 0 radical (unpaired) electrons. The van der Waals surface area contributed by atoms with Crippen LogP contribution in [0.5, 0.6) is 0 Å². The van der Waals surface area contributed by atoms with E-state index in [9.17, 15) is 23.6 Å². The van der Waals surface area contributed by atoms with E-state index >= 15 is 0 Å². The van der Waals surface area contributed by atoms with Gasteiger partial charge in [-0.25, -0.2) is 9.67 Å². The molecule has 1 aromatic heterocycles. The van der Waals surface area contributed by atoms with Crippen molar-refractivity contribution in [2.45, 2.75) is 24.1 Å². The summed E-state index contributed by atoms with van der Waals surface area (Å²) < 4.78 is 44.5. The van der Waals surface area contributed by atoms with Gasteiger partial charge in [0.2, 0.25) is 0 Å². The quantitative estimate of drug-likeness (QED) is 0.421. The van der Waals surface area contributed by atoms with Crippen molar-refractivity contribution >= 4 is 34.8 Å². The van der Waals surface area contributed by atoms with Gasteiger partial charge in [-0.05, 0) is 41.8 Å². The molecule has 4 rings (SSSR count). The summed E-state index contributed by atoms with van der Waals surface area (Å²) in [6.07, 6.45) is -2.69. The molecule has 0 aliphatic carbocycles. The molecule has 1 fully saturated rings. The molecule has 2 heterocycles. The summed E-state index contributed by atoms with van der Waals surface area (Å²) in [6, 6.07) is 7.42. The highest BCUT2D eigenvalue weighted by Crippen LogP contribution is 2.54. The Labute approximate surface area is 195 Å². The van der Waals surface area contributed by atoms with Gasteiger partial charge in [0.25, 0.3) is 0 Å². The van der Waals surface area contributed by atoms with Gasteiger partial charge in [0.15, 0.2) is 0 Å². The molecule has 166 valence electrons. The molecule has 0 saturated carbocycles. The van der Waals surface area contributed by atoms with E-state index in [2.05, 4.69) is 10.1 Å². The van der Waals surface area contributed by atoms with Crippen LogP contribution in [0.25, 0.3) is 5.69 Å². The number of aromatic nitrogens is 3. The molecule has 2 unspecified atom stereocenters. The third kappa shape index (κ3) is 3.72. The van der Waals surface area contributed by atoms with Crippen molar-refractivity contribution in [1.29, 1.82) is 5.26 Å². The highest BCUT2D eigenvalue weighted by atomic mass is 35.5. The van der Waals surface area contributed by atoms with Crippen molar-refractivity contribution in [3.63, 3.8) is 0 Å². The molecular weight excluding hydrogens is 490 g/mol. The second-order valence-electron chi connectivity index (χ2n) is 7.36. The Morgan fingerprint density at radius 3 is 2.41 bits per heavy atom. The third-order valence-electron chi connectivity index (χ3n) is 5.59. The van der Waals surface area contributed by atoms with Gasteiger partial charge in [0.05, 0.1) is 26.3 Å². The number of hydroxylamine groups is 2. The van der Waals surface area contributed by atoms with Gasteiger partial charge < -0.3 is 10.3 Å². The fourth-order valence-electron chi connectivity index (χ4n) is 3.95. The average molecular weight is 502 g/mol. The summed E-state index contributed by atoms with van der Waals surface area (Å²) >= 11 is 17.9. The lowest BCUT2D eigenvalue weighted by Gasteiger charge is -2.34.